The lowest BCUT2D eigenvalue weighted by atomic mass is 10.0. The molecule has 0 aliphatic rings. The van der Waals surface area contributed by atoms with Gasteiger partial charge in [-0.25, -0.2) is 0 Å². The summed E-state index contributed by atoms with van der Waals surface area (Å²) in [6, 6.07) is 7.38. The van der Waals surface area contributed by atoms with Gasteiger partial charge >= 0.3 is 0 Å². The van der Waals surface area contributed by atoms with Gasteiger partial charge in [0.1, 0.15) is 11.4 Å². The highest BCUT2D eigenvalue weighted by Gasteiger charge is 2.27. The summed E-state index contributed by atoms with van der Waals surface area (Å²) in [6.07, 6.45) is 0. The Labute approximate surface area is 105 Å². The number of hydrogen-bond acceptors (Lipinski definition) is 3. The van der Waals surface area contributed by atoms with Gasteiger partial charge in [-0.1, -0.05) is 30.7 Å². The molecule has 1 heterocycles. The number of nitrogens with one attached hydrogen (secondary N) is 1. The molecule has 1 unspecified atom stereocenters. The number of fused-ring (bicyclic) bond motifs is 1. The second-order valence-corrected chi connectivity index (χ2v) is 4.73. The molecule has 0 spiro atoms. The largest absolute Gasteiger partial charge is 0.456 e. The number of aliphatic hydroxyl groups is 1. The topological polar surface area (TPSA) is 45.4 Å². The Morgan fingerprint density at radius 1 is 1.47 bits per heavy atom. The van der Waals surface area contributed by atoms with E-state index in [2.05, 4.69) is 5.32 Å². The monoisotopic (exact) mass is 253 g/mol. The van der Waals surface area contributed by atoms with Gasteiger partial charge in [0, 0.05) is 11.9 Å². The second-order valence-electron chi connectivity index (χ2n) is 4.32. The van der Waals surface area contributed by atoms with E-state index < -0.39 is 5.60 Å². The van der Waals surface area contributed by atoms with E-state index in [4.69, 9.17) is 16.0 Å². The number of likely N-dealkylation sites (N-methyl/N-ethyl adjacent to an activating group) is 1. The predicted molar refractivity (Wildman–Crippen MR) is 69.3 cm³/mol. The van der Waals surface area contributed by atoms with Gasteiger partial charge in [-0.15, -0.1) is 0 Å². The number of rotatable bonds is 4. The van der Waals surface area contributed by atoms with Crippen LogP contribution in [0, 0.1) is 0 Å². The number of hydrogen-bond donors (Lipinski definition) is 2. The number of benzene rings is 1. The first-order valence-electron chi connectivity index (χ1n) is 5.66. The summed E-state index contributed by atoms with van der Waals surface area (Å²) < 4.78 is 5.64. The summed E-state index contributed by atoms with van der Waals surface area (Å²) in [4.78, 5) is 0. The van der Waals surface area contributed by atoms with Crippen LogP contribution in [0.25, 0.3) is 11.0 Å². The first kappa shape index (κ1) is 12.4. The van der Waals surface area contributed by atoms with E-state index in [0.29, 0.717) is 22.9 Å². The van der Waals surface area contributed by atoms with Gasteiger partial charge in [0.15, 0.2) is 5.58 Å². The van der Waals surface area contributed by atoms with Crippen LogP contribution in [-0.4, -0.2) is 18.2 Å². The Balaban J connectivity index is 2.39. The Morgan fingerprint density at radius 3 is 2.88 bits per heavy atom. The molecule has 0 aliphatic carbocycles. The van der Waals surface area contributed by atoms with Crippen molar-refractivity contribution in [2.75, 3.05) is 13.1 Å². The van der Waals surface area contributed by atoms with Gasteiger partial charge in [0.25, 0.3) is 0 Å². The summed E-state index contributed by atoms with van der Waals surface area (Å²) in [5.41, 5.74) is -0.404. The third-order valence-corrected chi connectivity index (χ3v) is 3.04. The van der Waals surface area contributed by atoms with Crippen LogP contribution in [0.3, 0.4) is 0 Å². The number of halogens is 1. The van der Waals surface area contributed by atoms with Crippen molar-refractivity contribution in [1.29, 1.82) is 0 Å². The number of para-hydroxylation sites is 1. The average molecular weight is 254 g/mol. The highest BCUT2D eigenvalue weighted by atomic mass is 35.5. The van der Waals surface area contributed by atoms with Crippen molar-refractivity contribution < 1.29 is 9.52 Å². The lowest BCUT2D eigenvalue weighted by Gasteiger charge is -2.20. The molecular formula is C13H16ClNO2. The highest BCUT2D eigenvalue weighted by molar-refractivity contribution is 6.34. The van der Waals surface area contributed by atoms with Gasteiger partial charge in [-0.05, 0) is 25.6 Å². The van der Waals surface area contributed by atoms with E-state index >= 15 is 0 Å². The molecular weight excluding hydrogens is 238 g/mol. The second kappa shape index (κ2) is 4.69. The molecule has 0 radical (unpaired) electrons. The Bertz CT molecular complexity index is 519. The molecule has 17 heavy (non-hydrogen) atoms. The maximum absolute atomic E-state index is 10.3. The van der Waals surface area contributed by atoms with E-state index in [-0.39, 0.29) is 0 Å². The lowest BCUT2D eigenvalue weighted by Crippen LogP contribution is -2.34. The molecule has 92 valence electrons. The molecule has 0 saturated heterocycles. The van der Waals surface area contributed by atoms with Crippen molar-refractivity contribution >= 4 is 22.6 Å². The van der Waals surface area contributed by atoms with Crippen molar-refractivity contribution in [1.82, 2.24) is 5.32 Å². The third-order valence-electron chi connectivity index (χ3n) is 2.75. The van der Waals surface area contributed by atoms with E-state index in [9.17, 15) is 5.11 Å². The van der Waals surface area contributed by atoms with Gasteiger partial charge in [0.05, 0.1) is 5.02 Å². The molecule has 2 rings (SSSR count). The lowest BCUT2D eigenvalue weighted by molar-refractivity contribution is 0.0365. The highest BCUT2D eigenvalue weighted by Crippen LogP contribution is 2.31. The number of furan rings is 1. The minimum atomic E-state index is -1.03. The summed E-state index contributed by atoms with van der Waals surface area (Å²) in [6.45, 7) is 4.96. The average Bonchev–Trinajstić information content (AvgIpc) is 2.72. The molecule has 2 aromatic rings. The normalized spacial score (nSPS) is 15.1. The van der Waals surface area contributed by atoms with Crippen molar-refractivity contribution in [3.05, 3.63) is 35.0 Å². The molecule has 0 aliphatic heterocycles. The van der Waals surface area contributed by atoms with Crippen LogP contribution in [0.5, 0.6) is 0 Å². The maximum Gasteiger partial charge on any atom is 0.153 e. The molecule has 1 aromatic heterocycles. The Morgan fingerprint density at radius 2 is 2.24 bits per heavy atom. The van der Waals surface area contributed by atoms with Crippen LogP contribution in [0.2, 0.25) is 5.02 Å². The quantitative estimate of drug-likeness (QED) is 0.881. The van der Waals surface area contributed by atoms with Crippen LogP contribution in [0.1, 0.15) is 19.6 Å². The fourth-order valence-electron chi connectivity index (χ4n) is 1.75. The molecule has 0 amide bonds. The molecule has 1 aromatic carbocycles. The van der Waals surface area contributed by atoms with E-state index in [0.717, 1.165) is 11.9 Å². The summed E-state index contributed by atoms with van der Waals surface area (Å²) in [5.74, 6) is 0.529. The predicted octanol–water partition coefficient (Wildman–Crippen LogP) is 2.90. The standard InChI is InChI=1S/C13H16ClNO2/c1-3-15-8-13(2,16)11-7-9-5-4-6-10(14)12(9)17-11/h4-7,15-16H,3,8H2,1-2H3. The zero-order valence-electron chi connectivity index (χ0n) is 9.96. The minimum Gasteiger partial charge on any atom is -0.456 e. The molecule has 3 nitrogen and oxygen atoms in total. The van der Waals surface area contributed by atoms with Gasteiger partial charge in [-0.3, -0.25) is 0 Å². The van der Waals surface area contributed by atoms with Crippen LogP contribution >= 0.6 is 11.6 Å². The minimum absolute atomic E-state index is 0.445. The molecule has 4 heteroatoms. The smallest absolute Gasteiger partial charge is 0.153 e. The summed E-state index contributed by atoms with van der Waals surface area (Å²) >= 11 is 6.03. The summed E-state index contributed by atoms with van der Waals surface area (Å²) in [7, 11) is 0. The van der Waals surface area contributed by atoms with Gasteiger partial charge in [-0.2, -0.15) is 0 Å². The van der Waals surface area contributed by atoms with Crippen molar-refractivity contribution in [3.63, 3.8) is 0 Å². The molecule has 0 saturated carbocycles. The van der Waals surface area contributed by atoms with Crippen LogP contribution in [0.15, 0.2) is 28.7 Å². The molecule has 1 atom stereocenters. The zero-order valence-corrected chi connectivity index (χ0v) is 10.7. The van der Waals surface area contributed by atoms with E-state index in [1.807, 2.05) is 25.1 Å². The first-order valence-corrected chi connectivity index (χ1v) is 6.04. The van der Waals surface area contributed by atoms with Crippen LogP contribution < -0.4 is 5.32 Å². The first-order chi connectivity index (χ1) is 8.04. The molecule has 2 N–H and O–H groups in total. The fraction of sp³-hybridized carbons (Fsp3) is 0.385. The SMILES string of the molecule is CCNCC(C)(O)c1cc2cccc(Cl)c2o1. The molecule has 0 bridgehead atoms. The van der Waals surface area contributed by atoms with Crippen molar-refractivity contribution in [3.8, 4) is 0 Å². The Kier molecular flexibility index (Phi) is 3.43. The van der Waals surface area contributed by atoms with Gasteiger partial charge < -0.3 is 14.8 Å². The summed E-state index contributed by atoms with van der Waals surface area (Å²) in [5, 5.41) is 14.9. The van der Waals surface area contributed by atoms with Crippen molar-refractivity contribution in [2.24, 2.45) is 0 Å². The zero-order chi connectivity index (χ0) is 12.5. The Hall–Kier alpha value is -1.03. The molecule has 0 fully saturated rings. The van der Waals surface area contributed by atoms with Crippen LogP contribution in [0.4, 0.5) is 0 Å². The van der Waals surface area contributed by atoms with Crippen LogP contribution in [-0.2, 0) is 5.60 Å². The third kappa shape index (κ3) is 2.46. The van der Waals surface area contributed by atoms with Crippen molar-refractivity contribution in [2.45, 2.75) is 19.4 Å². The fourth-order valence-corrected chi connectivity index (χ4v) is 1.97. The maximum atomic E-state index is 10.3. The van der Waals surface area contributed by atoms with E-state index in [1.54, 1.807) is 13.0 Å². The van der Waals surface area contributed by atoms with E-state index in [1.165, 1.54) is 0 Å². The van der Waals surface area contributed by atoms with Gasteiger partial charge in [0.2, 0.25) is 0 Å².